The van der Waals surface area contributed by atoms with Crippen LogP contribution in [-0.4, -0.2) is 24.4 Å². The maximum absolute atomic E-state index is 17.2. The van der Waals surface area contributed by atoms with E-state index in [1.165, 1.54) is 24.3 Å². The zero-order chi connectivity index (χ0) is 42.4. The molecule has 0 saturated heterocycles. The molecule has 0 aliphatic carbocycles. The predicted octanol–water partition coefficient (Wildman–Crippen LogP) is 12.3. The Labute approximate surface area is 354 Å². The smallest absolute Gasteiger partial charge is 0.132 e. The molecule has 8 rings (SSSR count). The van der Waals surface area contributed by atoms with Crippen LogP contribution in [0.1, 0.15) is 56.7 Å². The second-order valence-corrected chi connectivity index (χ2v) is 14.8. The minimum absolute atomic E-state index is 0.107. The second kappa shape index (κ2) is 17.6. The fourth-order valence-corrected chi connectivity index (χ4v) is 8.83. The minimum atomic E-state index is -1.36. The summed E-state index contributed by atoms with van der Waals surface area (Å²) < 4.78 is 53.7. The maximum Gasteiger partial charge on any atom is 0.132 e. The van der Waals surface area contributed by atoms with E-state index >= 15 is 8.78 Å². The first-order valence-electron chi connectivity index (χ1n) is 19.9. The van der Waals surface area contributed by atoms with Gasteiger partial charge in [-0.15, -0.1) is 0 Å². The number of phenolic OH excluding ortho intramolecular Hbond substituents is 2. The van der Waals surface area contributed by atoms with Crippen molar-refractivity contribution in [3.05, 3.63) is 262 Å². The van der Waals surface area contributed by atoms with Crippen molar-refractivity contribution in [2.24, 2.45) is 0 Å². The van der Waals surface area contributed by atoms with Crippen LogP contribution in [0.3, 0.4) is 0 Å². The van der Waals surface area contributed by atoms with Crippen molar-refractivity contribution in [3.63, 3.8) is 0 Å². The Morgan fingerprint density at radius 3 is 0.918 bits per heavy atom. The molecule has 0 aliphatic rings. The van der Waals surface area contributed by atoms with Crippen LogP contribution in [0.2, 0.25) is 0 Å². The van der Waals surface area contributed by atoms with E-state index < -0.39 is 34.7 Å². The summed E-state index contributed by atoms with van der Waals surface area (Å²) in [5.41, 5.74) is 1.95. The molecule has 2 N–H and O–H groups in total. The summed E-state index contributed by atoms with van der Waals surface area (Å²) in [7, 11) is 3.19. The maximum atomic E-state index is 17.2. The molecule has 0 amide bonds. The number of ether oxygens (including phenoxy) is 3. The van der Waals surface area contributed by atoms with Crippen molar-refractivity contribution in [2.75, 3.05) is 14.2 Å². The van der Waals surface area contributed by atoms with Crippen molar-refractivity contribution >= 4 is 0 Å². The standard InChI is InChI=1S/C54H44F2O5/c1-59-45-29-23-41(24-30-45)53(37-15-7-3-8-16-37,38-17-9-4-10-18-38)51(47-33-27-43(57)35-49(47)55)61-52(48-34-28-44(58)36-50(48)56)54(39-19-11-5-12-20-39,40-21-13-6-14-22-40)42-25-31-46(60-2)32-26-42/h3-36,51-52,57-58H,1-2H3. The molecule has 0 aromatic heterocycles. The Morgan fingerprint density at radius 1 is 0.377 bits per heavy atom. The first-order valence-corrected chi connectivity index (χ1v) is 19.9. The quantitative estimate of drug-likeness (QED) is 0.107. The van der Waals surface area contributed by atoms with Crippen molar-refractivity contribution < 1.29 is 33.2 Å². The Kier molecular flexibility index (Phi) is 11.7. The third-order valence-corrected chi connectivity index (χ3v) is 11.6. The topological polar surface area (TPSA) is 68.2 Å². The van der Waals surface area contributed by atoms with Gasteiger partial charge in [0.2, 0.25) is 0 Å². The highest BCUT2D eigenvalue weighted by molar-refractivity contribution is 5.58. The molecule has 0 spiro atoms. The molecule has 0 aliphatic heterocycles. The molecule has 5 nitrogen and oxygen atoms in total. The average Bonchev–Trinajstić information content (AvgIpc) is 3.31. The third-order valence-electron chi connectivity index (χ3n) is 11.6. The Balaban J connectivity index is 1.57. The number of rotatable bonds is 14. The molecule has 2 atom stereocenters. The van der Waals surface area contributed by atoms with Crippen molar-refractivity contribution in [3.8, 4) is 23.0 Å². The van der Waals surface area contributed by atoms with Gasteiger partial charge in [0.15, 0.2) is 0 Å². The summed E-state index contributed by atoms with van der Waals surface area (Å²) in [6.07, 6.45) is -2.59. The van der Waals surface area contributed by atoms with Crippen LogP contribution >= 0.6 is 0 Å². The van der Waals surface area contributed by atoms with Gasteiger partial charge in [-0.05, 0) is 81.9 Å². The van der Waals surface area contributed by atoms with E-state index in [-0.39, 0.29) is 22.6 Å². The molecule has 7 heteroatoms. The molecular weight excluding hydrogens is 767 g/mol. The van der Waals surface area contributed by atoms with E-state index in [9.17, 15) is 10.2 Å². The molecule has 0 bridgehead atoms. The number of hydrogen-bond acceptors (Lipinski definition) is 5. The van der Waals surface area contributed by atoms with Crippen LogP contribution in [0.5, 0.6) is 23.0 Å². The number of phenols is 2. The first kappa shape index (κ1) is 40.6. The minimum Gasteiger partial charge on any atom is -0.508 e. The lowest BCUT2D eigenvalue weighted by molar-refractivity contribution is -0.0670. The first-order chi connectivity index (χ1) is 29.8. The van der Waals surface area contributed by atoms with Gasteiger partial charge < -0.3 is 24.4 Å². The van der Waals surface area contributed by atoms with E-state index in [4.69, 9.17) is 14.2 Å². The van der Waals surface area contributed by atoms with Crippen LogP contribution in [-0.2, 0) is 15.6 Å². The van der Waals surface area contributed by atoms with Crippen molar-refractivity contribution in [2.45, 2.75) is 23.0 Å². The summed E-state index contributed by atoms with van der Waals surface area (Å²) in [5, 5.41) is 21.4. The molecule has 0 fully saturated rings. The molecule has 304 valence electrons. The molecule has 61 heavy (non-hydrogen) atoms. The number of methoxy groups -OCH3 is 2. The van der Waals surface area contributed by atoms with Gasteiger partial charge in [-0.1, -0.05) is 146 Å². The van der Waals surface area contributed by atoms with Crippen LogP contribution in [0.15, 0.2) is 206 Å². The molecule has 2 unspecified atom stereocenters. The molecule has 0 saturated carbocycles. The summed E-state index contributed by atoms with van der Waals surface area (Å²) in [5.74, 6) is -0.762. The number of halogens is 2. The normalized spacial score (nSPS) is 12.7. The zero-order valence-corrected chi connectivity index (χ0v) is 33.7. The van der Waals surface area contributed by atoms with Crippen molar-refractivity contribution in [1.29, 1.82) is 0 Å². The molecule has 0 radical (unpaired) electrons. The largest absolute Gasteiger partial charge is 0.508 e. The van der Waals surface area contributed by atoms with E-state index in [2.05, 4.69) is 0 Å². The Hall–Kier alpha value is -7.22. The SMILES string of the molecule is COc1ccc(C(c2ccccc2)(c2ccccc2)C(OC(c2ccc(O)cc2F)C(c2ccccc2)(c2ccccc2)c2ccc(OC)cc2)c2ccc(O)cc2F)cc1. The Bertz CT molecular complexity index is 2410. The van der Waals surface area contributed by atoms with Crippen LogP contribution in [0.4, 0.5) is 8.78 Å². The van der Waals surface area contributed by atoms with Crippen LogP contribution in [0.25, 0.3) is 0 Å². The fraction of sp³-hybridized carbons (Fsp3) is 0.111. The summed E-state index contributed by atoms with van der Waals surface area (Å²) in [6, 6.07) is 62.1. The highest BCUT2D eigenvalue weighted by atomic mass is 19.1. The highest BCUT2D eigenvalue weighted by Gasteiger charge is 2.53. The summed E-state index contributed by atoms with van der Waals surface area (Å²) in [4.78, 5) is 0. The van der Waals surface area contributed by atoms with Gasteiger partial charge >= 0.3 is 0 Å². The van der Waals surface area contributed by atoms with Gasteiger partial charge in [0.05, 0.1) is 25.0 Å². The lowest BCUT2D eigenvalue weighted by Crippen LogP contribution is -2.44. The van der Waals surface area contributed by atoms with E-state index in [1.54, 1.807) is 14.2 Å². The summed E-state index contributed by atoms with van der Waals surface area (Å²) >= 11 is 0. The Morgan fingerprint density at radius 2 is 0.656 bits per heavy atom. The lowest BCUT2D eigenvalue weighted by atomic mass is 9.62. The van der Waals surface area contributed by atoms with Crippen LogP contribution in [0, 0.1) is 11.6 Å². The van der Waals surface area contributed by atoms with Gasteiger partial charge in [0.25, 0.3) is 0 Å². The highest BCUT2D eigenvalue weighted by Crippen LogP contribution is 2.58. The molecule has 8 aromatic rings. The van der Waals surface area contributed by atoms with E-state index in [0.29, 0.717) is 11.5 Å². The van der Waals surface area contributed by atoms with Gasteiger partial charge in [-0.25, -0.2) is 8.78 Å². The van der Waals surface area contributed by atoms with E-state index in [1.807, 2.05) is 170 Å². The lowest BCUT2D eigenvalue weighted by Gasteiger charge is -2.49. The average molecular weight is 811 g/mol. The third kappa shape index (κ3) is 7.49. The zero-order valence-electron chi connectivity index (χ0n) is 33.7. The number of aromatic hydroxyl groups is 2. The number of hydrogen-bond donors (Lipinski definition) is 2. The van der Waals surface area contributed by atoms with Gasteiger partial charge in [-0.2, -0.15) is 0 Å². The van der Waals surface area contributed by atoms with Crippen LogP contribution < -0.4 is 9.47 Å². The molecule has 0 heterocycles. The number of benzene rings is 8. The van der Waals surface area contributed by atoms with E-state index in [0.717, 1.165) is 45.5 Å². The van der Waals surface area contributed by atoms with Gasteiger partial charge in [0.1, 0.15) is 46.8 Å². The van der Waals surface area contributed by atoms with Crippen molar-refractivity contribution in [1.82, 2.24) is 0 Å². The van der Waals surface area contributed by atoms with Gasteiger partial charge in [0, 0.05) is 23.3 Å². The second-order valence-electron chi connectivity index (χ2n) is 14.8. The molecule has 8 aromatic carbocycles. The fourth-order valence-electron chi connectivity index (χ4n) is 8.83. The molecular formula is C54H44F2O5. The monoisotopic (exact) mass is 810 g/mol. The van der Waals surface area contributed by atoms with Gasteiger partial charge in [-0.3, -0.25) is 0 Å². The predicted molar refractivity (Wildman–Crippen MR) is 234 cm³/mol. The summed E-state index contributed by atoms with van der Waals surface area (Å²) in [6.45, 7) is 0.